The summed E-state index contributed by atoms with van der Waals surface area (Å²) in [5, 5.41) is 0. The number of carbonyl (C=O) groups is 1. The first-order chi connectivity index (χ1) is 9.78. The number of carbonyl (C=O) groups excluding carboxylic acids is 1. The van der Waals surface area contributed by atoms with Crippen molar-refractivity contribution < 1.29 is 9.53 Å². The second-order valence-electron chi connectivity index (χ2n) is 5.24. The topological polar surface area (TPSA) is 32.8 Å². The van der Waals surface area contributed by atoms with E-state index in [1.165, 1.54) is 4.90 Å². The number of hydrogen-bond donors (Lipinski definition) is 0. The van der Waals surface area contributed by atoms with E-state index >= 15 is 0 Å². The molecule has 20 heavy (non-hydrogen) atoms. The number of likely N-dealkylation sites (tertiary alicyclic amines) is 1. The molecule has 2 fully saturated rings. The van der Waals surface area contributed by atoms with E-state index in [0.29, 0.717) is 6.04 Å². The fraction of sp³-hybridized carbons (Fsp3) is 0.533. The molecule has 0 unspecified atom stereocenters. The van der Waals surface area contributed by atoms with Crippen molar-refractivity contribution in [1.29, 1.82) is 0 Å². The molecule has 0 aliphatic carbocycles. The molecule has 0 bridgehead atoms. The zero-order valence-electron chi connectivity index (χ0n) is 11.7. The Hall–Kier alpha value is -1.04. The van der Waals surface area contributed by atoms with Crippen LogP contribution in [0.4, 0.5) is 0 Å². The average molecular weight is 292 g/mol. The van der Waals surface area contributed by atoms with Crippen molar-refractivity contribution in [3.8, 4) is 0 Å². The molecule has 0 atom stereocenters. The third-order valence-corrected chi connectivity index (χ3v) is 4.79. The van der Waals surface area contributed by atoms with Crippen molar-refractivity contribution in [1.82, 2.24) is 9.80 Å². The molecule has 1 aromatic rings. The van der Waals surface area contributed by atoms with Crippen molar-refractivity contribution in [2.45, 2.75) is 10.9 Å². The van der Waals surface area contributed by atoms with Gasteiger partial charge in [-0.15, -0.1) is 11.8 Å². The maximum absolute atomic E-state index is 12.3. The van der Waals surface area contributed by atoms with Crippen LogP contribution in [-0.2, 0) is 4.74 Å². The third-order valence-electron chi connectivity index (χ3n) is 4.05. The highest BCUT2D eigenvalue weighted by Crippen LogP contribution is 2.21. The fourth-order valence-electron chi connectivity index (χ4n) is 2.71. The van der Waals surface area contributed by atoms with Gasteiger partial charge in [-0.3, -0.25) is 9.69 Å². The van der Waals surface area contributed by atoms with Crippen LogP contribution in [0, 0.1) is 0 Å². The molecule has 2 heterocycles. The van der Waals surface area contributed by atoms with Crippen molar-refractivity contribution in [3.05, 3.63) is 29.8 Å². The summed E-state index contributed by atoms with van der Waals surface area (Å²) in [6.07, 6.45) is 2.04. The van der Waals surface area contributed by atoms with Gasteiger partial charge in [0.05, 0.1) is 13.2 Å². The first-order valence-electron chi connectivity index (χ1n) is 7.03. The Morgan fingerprint density at radius 1 is 1.20 bits per heavy atom. The monoisotopic (exact) mass is 292 g/mol. The maximum Gasteiger partial charge on any atom is 0.253 e. The molecular weight excluding hydrogens is 272 g/mol. The van der Waals surface area contributed by atoms with Gasteiger partial charge < -0.3 is 9.64 Å². The molecule has 0 radical (unpaired) electrons. The molecule has 2 saturated heterocycles. The zero-order chi connectivity index (χ0) is 13.9. The standard InChI is InChI=1S/C15H20N2O2S/c1-20-14-4-2-12(3-5-14)15(18)17-10-13(11-17)16-6-8-19-9-7-16/h2-5,13H,6-11H2,1H3. The number of benzene rings is 1. The van der Waals surface area contributed by atoms with Crippen LogP contribution in [-0.4, -0.2) is 67.4 Å². The Bertz CT molecular complexity index is 465. The molecule has 0 aromatic heterocycles. The van der Waals surface area contributed by atoms with Gasteiger partial charge in [0.2, 0.25) is 0 Å². The number of ether oxygens (including phenoxy) is 1. The van der Waals surface area contributed by atoms with E-state index in [9.17, 15) is 4.79 Å². The molecule has 0 spiro atoms. The van der Waals surface area contributed by atoms with Crippen molar-refractivity contribution in [3.63, 3.8) is 0 Å². The number of rotatable bonds is 3. The fourth-order valence-corrected chi connectivity index (χ4v) is 3.12. The molecule has 2 aliphatic rings. The maximum atomic E-state index is 12.3. The van der Waals surface area contributed by atoms with Crippen LogP contribution in [0.25, 0.3) is 0 Å². The molecule has 5 heteroatoms. The summed E-state index contributed by atoms with van der Waals surface area (Å²) in [6, 6.07) is 8.40. The number of morpholine rings is 1. The van der Waals surface area contributed by atoms with Crippen LogP contribution >= 0.6 is 11.8 Å². The lowest BCUT2D eigenvalue weighted by atomic mass is 10.0. The minimum Gasteiger partial charge on any atom is -0.379 e. The minimum absolute atomic E-state index is 0.155. The van der Waals surface area contributed by atoms with Crippen molar-refractivity contribution >= 4 is 17.7 Å². The van der Waals surface area contributed by atoms with Crippen molar-refractivity contribution in [2.75, 3.05) is 45.6 Å². The largest absolute Gasteiger partial charge is 0.379 e. The van der Waals surface area contributed by atoms with E-state index in [4.69, 9.17) is 4.74 Å². The molecule has 4 nitrogen and oxygen atoms in total. The highest BCUT2D eigenvalue weighted by atomic mass is 32.2. The summed E-state index contributed by atoms with van der Waals surface area (Å²) in [6.45, 7) is 5.33. The smallest absolute Gasteiger partial charge is 0.253 e. The van der Waals surface area contributed by atoms with Gasteiger partial charge in [0.25, 0.3) is 5.91 Å². The number of amides is 1. The van der Waals surface area contributed by atoms with E-state index < -0.39 is 0 Å². The summed E-state index contributed by atoms with van der Waals surface area (Å²) in [5.41, 5.74) is 0.795. The molecule has 3 rings (SSSR count). The average Bonchev–Trinajstić information content (AvgIpc) is 2.47. The van der Waals surface area contributed by atoms with Gasteiger partial charge in [-0.1, -0.05) is 0 Å². The number of nitrogens with zero attached hydrogens (tertiary/aromatic N) is 2. The summed E-state index contributed by atoms with van der Waals surface area (Å²) in [4.78, 5) is 17.9. The van der Waals surface area contributed by atoms with Gasteiger partial charge in [-0.25, -0.2) is 0 Å². The van der Waals surface area contributed by atoms with Gasteiger partial charge in [0, 0.05) is 42.7 Å². The van der Waals surface area contributed by atoms with E-state index in [-0.39, 0.29) is 5.91 Å². The quantitative estimate of drug-likeness (QED) is 0.792. The van der Waals surface area contributed by atoms with Crippen LogP contribution in [0.3, 0.4) is 0 Å². The molecule has 1 aromatic carbocycles. The highest BCUT2D eigenvalue weighted by Gasteiger charge is 2.35. The summed E-state index contributed by atoms with van der Waals surface area (Å²) in [7, 11) is 0. The van der Waals surface area contributed by atoms with Crippen LogP contribution in [0.15, 0.2) is 29.2 Å². The lowest BCUT2D eigenvalue weighted by molar-refractivity contribution is -0.0256. The van der Waals surface area contributed by atoms with Crippen molar-refractivity contribution in [2.24, 2.45) is 0 Å². The molecule has 0 N–H and O–H groups in total. The van der Waals surface area contributed by atoms with Gasteiger partial charge in [0.15, 0.2) is 0 Å². The number of thioether (sulfide) groups is 1. The van der Waals surface area contributed by atoms with E-state index in [1.54, 1.807) is 11.8 Å². The second kappa shape index (κ2) is 6.16. The van der Waals surface area contributed by atoms with Gasteiger partial charge in [-0.2, -0.15) is 0 Å². The zero-order valence-corrected chi connectivity index (χ0v) is 12.6. The Kier molecular flexibility index (Phi) is 4.29. The predicted molar refractivity (Wildman–Crippen MR) is 80.3 cm³/mol. The molecule has 2 aliphatic heterocycles. The summed E-state index contributed by atoms with van der Waals surface area (Å²) >= 11 is 1.69. The molecule has 1 amide bonds. The van der Waals surface area contributed by atoms with Gasteiger partial charge in [-0.05, 0) is 30.5 Å². The van der Waals surface area contributed by atoms with Crippen LogP contribution in [0.5, 0.6) is 0 Å². The SMILES string of the molecule is CSc1ccc(C(=O)N2CC(N3CCOCC3)C2)cc1. The Balaban J connectivity index is 1.54. The first kappa shape index (κ1) is 13.9. The Morgan fingerprint density at radius 3 is 2.45 bits per heavy atom. The van der Waals surface area contributed by atoms with Gasteiger partial charge >= 0.3 is 0 Å². The summed E-state index contributed by atoms with van der Waals surface area (Å²) in [5.74, 6) is 0.155. The molecule has 0 saturated carbocycles. The summed E-state index contributed by atoms with van der Waals surface area (Å²) < 4.78 is 5.36. The second-order valence-corrected chi connectivity index (χ2v) is 6.12. The van der Waals surface area contributed by atoms with Crippen LogP contribution in [0.2, 0.25) is 0 Å². The lowest BCUT2D eigenvalue weighted by Gasteiger charge is -2.46. The Labute approximate surface area is 124 Å². The van der Waals surface area contributed by atoms with Crippen LogP contribution in [0.1, 0.15) is 10.4 Å². The first-order valence-corrected chi connectivity index (χ1v) is 8.25. The minimum atomic E-state index is 0.155. The predicted octanol–water partition coefficient (Wildman–Crippen LogP) is 1.57. The third kappa shape index (κ3) is 2.85. The highest BCUT2D eigenvalue weighted by molar-refractivity contribution is 7.98. The normalized spacial score (nSPS) is 20.8. The van der Waals surface area contributed by atoms with E-state index in [2.05, 4.69) is 4.90 Å². The van der Waals surface area contributed by atoms with E-state index in [1.807, 2.05) is 35.4 Å². The van der Waals surface area contributed by atoms with Gasteiger partial charge in [0.1, 0.15) is 0 Å². The van der Waals surface area contributed by atoms with Crippen LogP contribution < -0.4 is 0 Å². The number of hydrogen-bond acceptors (Lipinski definition) is 4. The van der Waals surface area contributed by atoms with E-state index in [0.717, 1.165) is 45.0 Å². The molecule has 108 valence electrons. The molecular formula is C15H20N2O2S. The Morgan fingerprint density at radius 2 is 1.85 bits per heavy atom. The lowest BCUT2D eigenvalue weighted by Crippen LogP contribution is -2.62.